The molecule has 2 aromatic heterocycles. The minimum Gasteiger partial charge on any atom is -0.490 e. The maximum Gasteiger partial charge on any atom is 0.280 e. The lowest BCUT2D eigenvalue weighted by Gasteiger charge is -2.35. The summed E-state index contributed by atoms with van der Waals surface area (Å²) < 4.78 is 71.9. The standard InChI is InChI=1S/C30H45N7O8S2/c1-21-14-37(22(2)18-38)30(39)25-13-24(33-46(40,41)28-16-34(4)19-31-28)10-11-26(25)45-23(3)9-7-8-12-44-27(21)15-36(6)47(42,43)29-17-35(5)20-32-29/h10-11,13,16-17,19-23,27,33,38H,7-9,12,14-15,18H2,1-6H3/t21-,22+,23+,27-/m0/s1. The molecule has 1 aliphatic rings. The third-order valence-corrected chi connectivity index (χ3v) is 11.0. The Morgan fingerprint density at radius 2 is 1.72 bits per heavy atom. The van der Waals surface area contributed by atoms with E-state index in [1.807, 2.05) is 13.8 Å². The molecule has 0 spiro atoms. The minimum atomic E-state index is -4.05. The summed E-state index contributed by atoms with van der Waals surface area (Å²) in [5, 5.41) is 9.92. The lowest BCUT2D eigenvalue weighted by Crippen LogP contribution is -2.48. The van der Waals surface area contributed by atoms with Crippen molar-refractivity contribution in [2.45, 2.75) is 68.3 Å². The van der Waals surface area contributed by atoms with Crippen LogP contribution < -0.4 is 9.46 Å². The van der Waals surface area contributed by atoms with Crippen LogP contribution in [-0.2, 0) is 38.9 Å². The summed E-state index contributed by atoms with van der Waals surface area (Å²) in [4.78, 5) is 23.7. The molecule has 0 fully saturated rings. The number of fused-ring (bicyclic) bond motifs is 1. The van der Waals surface area contributed by atoms with Crippen LogP contribution in [0.25, 0.3) is 0 Å². The van der Waals surface area contributed by atoms with Crippen molar-refractivity contribution in [2.24, 2.45) is 20.0 Å². The summed E-state index contributed by atoms with van der Waals surface area (Å²) >= 11 is 0. The van der Waals surface area contributed by atoms with Crippen LogP contribution in [0.3, 0.4) is 0 Å². The molecule has 4 atom stereocenters. The van der Waals surface area contributed by atoms with Gasteiger partial charge in [-0.25, -0.2) is 18.4 Å². The van der Waals surface area contributed by atoms with Gasteiger partial charge < -0.3 is 28.6 Å². The van der Waals surface area contributed by atoms with Crippen LogP contribution in [0.15, 0.2) is 53.3 Å². The number of benzene rings is 1. The van der Waals surface area contributed by atoms with Crippen molar-refractivity contribution < 1.29 is 36.2 Å². The molecule has 0 radical (unpaired) electrons. The highest BCUT2D eigenvalue weighted by Gasteiger charge is 2.33. The van der Waals surface area contributed by atoms with Crippen LogP contribution >= 0.6 is 0 Å². The highest BCUT2D eigenvalue weighted by Crippen LogP contribution is 2.29. The Hall–Kier alpha value is -3.51. The molecule has 15 nitrogen and oxygen atoms in total. The number of hydrogen-bond acceptors (Lipinski definition) is 10. The zero-order valence-electron chi connectivity index (χ0n) is 27.6. The number of anilines is 1. The van der Waals surface area contributed by atoms with Crippen LogP contribution in [0.4, 0.5) is 5.69 Å². The Bertz CT molecular complexity index is 1740. The molecule has 17 heteroatoms. The van der Waals surface area contributed by atoms with Crippen molar-refractivity contribution in [2.75, 3.05) is 38.1 Å². The number of nitrogens with one attached hydrogen (secondary N) is 1. The number of aliphatic hydroxyl groups is 1. The number of sulfonamides is 2. The largest absolute Gasteiger partial charge is 0.490 e. The summed E-state index contributed by atoms with van der Waals surface area (Å²) in [6, 6.07) is 3.85. The third kappa shape index (κ3) is 8.90. The first-order chi connectivity index (χ1) is 22.1. The van der Waals surface area contributed by atoms with E-state index in [1.165, 1.54) is 58.0 Å². The molecule has 1 aromatic carbocycles. The molecule has 0 saturated carbocycles. The lowest BCUT2D eigenvalue weighted by molar-refractivity contribution is -0.00835. The Labute approximate surface area is 276 Å². The molecule has 0 unspecified atom stereocenters. The molecule has 0 aliphatic carbocycles. The third-order valence-electron chi connectivity index (χ3n) is 8.05. The summed E-state index contributed by atoms with van der Waals surface area (Å²) in [5.74, 6) is -0.603. The van der Waals surface area contributed by atoms with Crippen LogP contribution in [0.1, 0.15) is 50.4 Å². The molecule has 1 aliphatic heterocycles. The smallest absolute Gasteiger partial charge is 0.280 e. The second-order valence-electron chi connectivity index (χ2n) is 12.2. The van der Waals surface area contributed by atoms with E-state index in [0.29, 0.717) is 19.4 Å². The summed E-state index contributed by atoms with van der Waals surface area (Å²) in [6.45, 7) is 5.56. The maximum absolute atomic E-state index is 14.3. The summed E-state index contributed by atoms with van der Waals surface area (Å²) in [6.07, 6.45) is 6.79. The van der Waals surface area contributed by atoms with Gasteiger partial charge in [0.15, 0.2) is 10.1 Å². The molecule has 47 heavy (non-hydrogen) atoms. The number of imidazole rings is 2. The zero-order valence-corrected chi connectivity index (χ0v) is 29.2. The average Bonchev–Trinajstić information content (AvgIpc) is 3.67. The Kier molecular flexibility index (Phi) is 11.7. The molecule has 1 amide bonds. The second kappa shape index (κ2) is 15.1. The number of aliphatic hydroxyl groups excluding tert-OH is 1. The number of carbonyl (C=O) groups is 1. The van der Waals surface area contributed by atoms with Gasteiger partial charge in [-0.15, -0.1) is 0 Å². The van der Waals surface area contributed by atoms with E-state index >= 15 is 0 Å². The number of likely N-dealkylation sites (N-methyl/N-ethyl adjacent to an activating group) is 1. The second-order valence-corrected chi connectivity index (χ2v) is 15.8. The predicted molar refractivity (Wildman–Crippen MR) is 174 cm³/mol. The van der Waals surface area contributed by atoms with E-state index in [2.05, 4.69) is 14.7 Å². The fourth-order valence-electron chi connectivity index (χ4n) is 5.22. The molecular weight excluding hydrogens is 651 g/mol. The number of aromatic nitrogens is 4. The van der Waals surface area contributed by atoms with Crippen LogP contribution in [0.5, 0.6) is 5.75 Å². The average molecular weight is 696 g/mol. The van der Waals surface area contributed by atoms with E-state index in [9.17, 15) is 26.7 Å². The lowest BCUT2D eigenvalue weighted by atomic mass is 10.0. The first kappa shape index (κ1) is 36.3. The monoisotopic (exact) mass is 695 g/mol. The van der Waals surface area contributed by atoms with Crippen molar-refractivity contribution >= 4 is 31.6 Å². The first-order valence-electron chi connectivity index (χ1n) is 15.4. The van der Waals surface area contributed by atoms with Crippen LogP contribution in [0, 0.1) is 5.92 Å². The normalized spacial score (nSPS) is 21.1. The number of ether oxygens (including phenoxy) is 2. The van der Waals surface area contributed by atoms with Gasteiger partial charge in [0, 0.05) is 64.8 Å². The fraction of sp³-hybridized carbons (Fsp3) is 0.567. The molecule has 4 rings (SSSR count). The minimum absolute atomic E-state index is 0.00512. The van der Waals surface area contributed by atoms with E-state index in [-0.39, 0.29) is 58.8 Å². The summed E-state index contributed by atoms with van der Waals surface area (Å²) in [5.41, 5.74) is 0.238. The van der Waals surface area contributed by atoms with Gasteiger partial charge in [0.05, 0.1) is 43.1 Å². The zero-order chi connectivity index (χ0) is 34.5. The van der Waals surface area contributed by atoms with E-state index in [1.54, 1.807) is 31.7 Å². The number of amides is 1. The Morgan fingerprint density at radius 3 is 2.34 bits per heavy atom. The molecule has 3 heterocycles. The van der Waals surface area contributed by atoms with Gasteiger partial charge in [0.1, 0.15) is 5.75 Å². The fourth-order valence-corrected chi connectivity index (χ4v) is 7.39. The molecule has 3 aromatic rings. The summed E-state index contributed by atoms with van der Waals surface area (Å²) in [7, 11) is -3.16. The van der Waals surface area contributed by atoms with Gasteiger partial charge in [0.2, 0.25) is 0 Å². The van der Waals surface area contributed by atoms with E-state index in [0.717, 1.165) is 6.42 Å². The van der Waals surface area contributed by atoms with Crippen molar-refractivity contribution in [3.05, 3.63) is 48.8 Å². The van der Waals surface area contributed by atoms with E-state index < -0.39 is 38.1 Å². The molecule has 0 saturated heterocycles. The molecule has 0 bridgehead atoms. The number of carbonyl (C=O) groups excluding carboxylic acids is 1. The highest BCUT2D eigenvalue weighted by atomic mass is 32.2. The predicted octanol–water partition coefficient (Wildman–Crippen LogP) is 2.07. The number of nitrogens with zero attached hydrogens (tertiary/aromatic N) is 6. The highest BCUT2D eigenvalue weighted by molar-refractivity contribution is 7.92. The van der Waals surface area contributed by atoms with Crippen molar-refractivity contribution in [3.8, 4) is 5.75 Å². The first-order valence-corrected chi connectivity index (χ1v) is 18.3. The van der Waals surface area contributed by atoms with Gasteiger partial charge in [-0.05, 0) is 51.3 Å². The Morgan fingerprint density at radius 1 is 1.06 bits per heavy atom. The van der Waals surface area contributed by atoms with Gasteiger partial charge in [0.25, 0.3) is 26.0 Å². The maximum atomic E-state index is 14.3. The van der Waals surface area contributed by atoms with Crippen LogP contribution in [0.2, 0.25) is 0 Å². The number of aryl methyl sites for hydroxylation is 2. The van der Waals surface area contributed by atoms with Crippen molar-refractivity contribution in [3.63, 3.8) is 0 Å². The van der Waals surface area contributed by atoms with Crippen molar-refractivity contribution in [1.29, 1.82) is 0 Å². The van der Waals surface area contributed by atoms with Gasteiger partial charge in [-0.2, -0.15) is 12.7 Å². The van der Waals surface area contributed by atoms with Gasteiger partial charge >= 0.3 is 0 Å². The van der Waals surface area contributed by atoms with Gasteiger partial charge in [-0.3, -0.25) is 9.52 Å². The molecular formula is C30H45N7O8S2. The number of hydrogen-bond donors (Lipinski definition) is 2. The van der Waals surface area contributed by atoms with Crippen molar-refractivity contribution in [1.82, 2.24) is 28.3 Å². The Balaban J connectivity index is 1.67. The number of rotatable bonds is 9. The van der Waals surface area contributed by atoms with Crippen LogP contribution in [-0.4, -0.2) is 108 Å². The van der Waals surface area contributed by atoms with Gasteiger partial charge in [-0.1, -0.05) is 6.92 Å². The topological polar surface area (TPSA) is 178 Å². The SMILES string of the molecule is C[C@@H]1CCCCO[C@@H](CN(C)S(=O)(=O)c2cn(C)cn2)[C@@H](C)CN([C@H](C)CO)C(=O)c2cc(NS(=O)(=O)c3cn(C)cn3)ccc2O1. The molecule has 260 valence electrons. The van der Waals surface area contributed by atoms with E-state index in [4.69, 9.17) is 9.47 Å². The molecule has 2 N–H and O–H groups in total. The quantitative estimate of drug-likeness (QED) is 0.337.